The first-order chi connectivity index (χ1) is 7.89. The van der Waals surface area contributed by atoms with E-state index < -0.39 is 5.97 Å². The summed E-state index contributed by atoms with van der Waals surface area (Å²) in [5.74, 6) is -0.741. The first-order valence-corrected chi connectivity index (χ1v) is 6.21. The summed E-state index contributed by atoms with van der Waals surface area (Å²) in [6.45, 7) is 10.5. The maximum Gasteiger partial charge on any atom is 0.303 e. The average Bonchev–Trinajstić information content (AvgIpc) is 2.28. The Morgan fingerprint density at radius 1 is 1.12 bits per heavy atom. The quantitative estimate of drug-likeness (QED) is 0.860. The maximum atomic E-state index is 10.4. The summed E-state index contributed by atoms with van der Waals surface area (Å²) in [4.78, 5) is 10.4. The number of carbonyl (C=O) groups is 1. The lowest BCUT2D eigenvalue weighted by Gasteiger charge is -2.19. The molecule has 0 fully saturated rings. The number of aryl methyl sites for hydroxylation is 1. The smallest absolute Gasteiger partial charge is 0.303 e. The van der Waals surface area contributed by atoms with Crippen molar-refractivity contribution in [3.8, 4) is 0 Å². The fraction of sp³-hybridized carbons (Fsp3) is 0.533. The van der Waals surface area contributed by atoms with Gasteiger partial charge in [0.2, 0.25) is 0 Å². The van der Waals surface area contributed by atoms with Crippen LogP contribution < -0.4 is 0 Å². The van der Waals surface area contributed by atoms with E-state index in [0.29, 0.717) is 6.42 Å². The van der Waals surface area contributed by atoms with Crippen molar-refractivity contribution in [3.63, 3.8) is 0 Å². The Balaban J connectivity index is 0.00000121. The molecule has 2 heteroatoms. The van der Waals surface area contributed by atoms with E-state index in [1.807, 2.05) is 26.0 Å². The molecule has 0 amide bonds. The van der Waals surface area contributed by atoms with Crippen molar-refractivity contribution in [2.75, 3.05) is 0 Å². The fourth-order valence-electron chi connectivity index (χ4n) is 1.42. The van der Waals surface area contributed by atoms with Gasteiger partial charge < -0.3 is 5.11 Å². The first-order valence-electron chi connectivity index (χ1n) is 6.21. The van der Waals surface area contributed by atoms with Crippen LogP contribution >= 0.6 is 0 Å². The Morgan fingerprint density at radius 2 is 1.59 bits per heavy atom. The molecule has 0 heterocycles. The molecule has 2 nitrogen and oxygen atoms in total. The summed E-state index contributed by atoms with van der Waals surface area (Å²) in [7, 11) is 0. The molecule has 0 aliphatic rings. The highest BCUT2D eigenvalue weighted by Gasteiger charge is 2.12. The van der Waals surface area contributed by atoms with Crippen LogP contribution in [-0.2, 0) is 16.6 Å². The number of carboxylic acids is 1. The van der Waals surface area contributed by atoms with Crippen LogP contribution in [0.4, 0.5) is 0 Å². The molecule has 0 radical (unpaired) electrons. The molecule has 0 aromatic heterocycles. The van der Waals surface area contributed by atoms with E-state index in [2.05, 4.69) is 32.9 Å². The minimum Gasteiger partial charge on any atom is -0.481 e. The van der Waals surface area contributed by atoms with Crippen LogP contribution in [0.15, 0.2) is 24.3 Å². The molecular weight excluding hydrogens is 212 g/mol. The minimum atomic E-state index is -0.741. The van der Waals surface area contributed by atoms with Crippen molar-refractivity contribution in [1.29, 1.82) is 0 Å². The van der Waals surface area contributed by atoms with Crippen molar-refractivity contribution in [1.82, 2.24) is 0 Å². The van der Waals surface area contributed by atoms with Crippen molar-refractivity contribution in [3.05, 3.63) is 35.4 Å². The van der Waals surface area contributed by atoms with Crippen LogP contribution in [0.2, 0.25) is 0 Å². The summed E-state index contributed by atoms with van der Waals surface area (Å²) >= 11 is 0. The van der Waals surface area contributed by atoms with Gasteiger partial charge in [-0.3, -0.25) is 4.79 Å². The lowest BCUT2D eigenvalue weighted by molar-refractivity contribution is -0.136. The number of aliphatic carboxylic acids is 1. The van der Waals surface area contributed by atoms with Gasteiger partial charge in [-0.2, -0.15) is 0 Å². The zero-order chi connectivity index (χ0) is 13.5. The molecule has 0 unspecified atom stereocenters. The van der Waals surface area contributed by atoms with E-state index in [9.17, 15) is 4.79 Å². The molecule has 0 saturated heterocycles. The van der Waals surface area contributed by atoms with Gasteiger partial charge in [0.1, 0.15) is 0 Å². The number of carboxylic acid groups (broad SMARTS) is 1. The van der Waals surface area contributed by atoms with Crippen LogP contribution in [0.3, 0.4) is 0 Å². The summed E-state index contributed by atoms with van der Waals surface area (Å²) < 4.78 is 0. The van der Waals surface area contributed by atoms with Crippen molar-refractivity contribution in [2.24, 2.45) is 0 Å². The van der Waals surface area contributed by atoms with Crippen molar-refractivity contribution in [2.45, 2.75) is 52.9 Å². The Bertz CT molecular complexity index is 331. The predicted molar refractivity (Wildman–Crippen MR) is 72.4 cm³/mol. The maximum absolute atomic E-state index is 10.4. The molecule has 96 valence electrons. The number of rotatable bonds is 3. The molecule has 0 bridgehead atoms. The van der Waals surface area contributed by atoms with Gasteiger partial charge in [-0.1, -0.05) is 58.9 Å². The van der Waals surface area contributed by atoms with Gasteiger partial charge in [-0.25, -0.2) is 0 Å². The highest BCUT2D eigenvalue weighted by molar-refractivity contribution is 5.67. The average molecular weight is 236 g/mol. The van der Waals surface area contributed by atoms with Crippen LogP contribution in [-0.4, -0.2) is 11.1 Å². The number of hydrogen-bond acceptors (Lipinski definition) is 1. The van der Waals surface area contributed by atoms with Crippen LogP contribution in [0, 0.1) is 0 Å². The van der Waals surface area contributed by atoms with E-state index in [1.54, 1.807) is 0 Å². The third-order valence-corrected chi connectivity index (χ3v) is 2.45. The monoisotopic (exact) mass is 236 g/mol. The molecule has 0 atom stereocenters. The van der Waals surface area contributed by atoms with Crippen molar-refractivity contribution < 1.29 is 9.90 Å². The molecule has 1 aromatic carbocycles. The fourth-order valence-corrected chi connectivity index (χ4v) is 1.42. The Kier molecular flexibility index (Phi) is 6.55. The molecule has 1 rings (SSSR count). The normalized spacial score (nSPS) is 10.4. The summed E-state index contributed by atoms with van der Waals surface area (Å²) in [6, 6.07) is 8.20. The van der Waals surface area contributed by atoms with Gasteiger partial charge in [-0.15, -0.1) is 0 Å². The third kappa shape index (κ3) is 6.10. The van der Waals surface area contributed by atoms with Gasteiger partial charge in [-0.05, 0) is 23.0 Å². The Hall–Kier alpha value is -1.31. The number of benzene rings is 1. The van der Waals surface area contributed by atoms with Gasteiger partial charge in [0.15, 0.2) is 0 Å². The molecule has 0 aliphatic heterocycles. The van der Waals surface area contributed by atoms with E-state index in [0.717, 1.165) is 5.56 Å². The molecule has 1 N–H and O–H groups in total. The summed E-state index contributed by atoms with van der Waals surface area (Å²) in [5.41, 5.74) is 2.53. The second-order valence-electron chi connectivity index (χ2n) is 4.84. The second-order valence-corrected chi connectivity index (χ2v) is 4.84. The molecule has 0 spiro atoms. The predicted octanol–water partition coefficient (Wildman–Crippen LogP) is 4.03. The van der Waals surface area contributed by atoms with Gasteiger partial charge in [0.05, 0.1) is 0 Å². The molecule has 1 aromatic rings. The van der Waals surface area contributed by atoms with E-state index >= 15 is 0 Å². The zero-order valence-electron chi connectivity index (χ0n) is 11.6. The topological polar surface area (TPSA) is 37.3 Å². The zero-order valence-corrected chi connectivity index (χ0v) is 11.6. The molecule has 0 aliphatic carbocycles. The molecule has 0 saturated carbocycles. The standard InChI is InChI=1S/C13H18O2.C2H6/c1-13(2,3)11-7-4-10(5-8-11)6-9-12(14)15;1-2/h4-5,7-8H,6,9H2,1-3H3,(H,14,15);1-2H3. The largest absolute Gasteiger partial charge is 0.481 e. The van der Waals surface area contributed by atoms with E-state index in [1.165, 1.54) is 5.56 Å². The van der Waals surface area contributed by atoms with Crippen LogP contribution in [0.25, 0.3) is 0 Å². The van der Waals surface area contributed by atoms with Crippen LogP contribution in [0.1, 0.15) is 52.2 Å². The summed E-state index contributed by atoms with van der Waals surface area (Å²) in [6.07, 6.45) is 0.814. The van der Waals surface area contributed by atoms with Gasteiger partial charge in [0, 0.05) is 6.42 Å². The SMILES string of the molecule is CC.CC(C)(C)c1ccc(CCC(=O)O)cc1. The highest BCUT2D eigenvalue weighted by atomic mass is 16.4. The highest BCUT2D eigenvalue weighted by Crippen LogP contribution is 2.22. The van der Waals surface area contributed by atoms with Gasteiger partial charge in [0.25, 0.3) is 0 Å². The van der Waals surface area contributed by atoms with Gasteiger partial charge >= 0.3 is 5.97 Å². The second kappa shape index (κ2) is 7.10. The summed E-state index contributed by atoms with van der Waals surface area (Å²) in [5, 5.41) is 8.56. The van der Waals surface area contributed by atoms with E-state index in [-0.39, 0.29) is 11.8 Å². The Morgan fingerprint density at radius 3 is 1.94 bits per heavy atom. The lowest BCUT2D eigenvalue weighted by Crippen LogP contribution is -2.10. The first kappa shape index (κ1) is 15.7. The van der Waals surface area contributed by atoms with E-state index in [4.69, 9.17) is 5.11 Å². The molecule has 17 heavy (non-hydrogen) atoms. The lowest BCUT2D eigenvalue weighted by atomic mass is 9.86. The number of hydrogen-bond donors (Lipinski definition) is 1. The van der Waals surface area contributed by atoms with Crippen molar-refractivity contribution >= 4 is 5.97 Å². The van der Waals surface area contributed by atoms with Crippen LogP contribution in [0.5, 0.6) is 0 Å². The minimum absolute atomic E-state index is 0.158. The molecular formula is C15H24O2. The Labute approximate surface area is 105 Å². The third-order valence-electron chi connectivity index (χ3n) is 2.45.